The Morgan fingerprint density at radius 1 is 1.32 bits per heavy atom. The normalized spacial score (nSPS) is 11.7. The summed E-state index contributed by atoms with van der Waals surface area (Å²) in [5.74, 6) is 0. The Kier molecular flexibility index (Phi) is 5.01. The number of carbonyl (C=O) groups excluding carboxylic acids is 1. The van der Waals surface area contributed by atoms with E-state index in [-0.39, 0.29) is 5.12 Å². The van der Waals surface area contributed by atoms with Crippen LogP contribution < -0.4 is 0 Å². The van der Waals surface area contributed by atoms with Crippen molar-refractivity contribution in [3.8, 4) is 0 Å². The van der Waals surface area contributed by atoms with Gasteiger partial charge in [-0.1, -0.05) is 0 Å². The first-order chi connectivity index (χ1) is 10.2. The first-order valence-corrected chi connectivity index (χ1v) is 7.97. The SMILES string of the molecule is CCn1nc(C)c(Br)c1C(=O)Sc1ccc(C(F)(F)F)cc1. The second kappa shape index (κ2) is 6.45. The predicted molar refractivity (Wildman–Crippen MR) is 82.0 cm³/mol. The lowest BCUT2D eigenvalue weighted by Gasteiger charge is -2.07. The van der Waals surface area contributed by atoms with Crippen molar-refractivity contribution >= 4 is 32.8 Å². The molecule has 2 aromatic rings. The molecule has 8 heteroatoms. The second-order valence-electron chi connectivity index (χ2n) is 4.48. The van der Waals surface area contributed by atoms with Gasteiger partial charge in [-0.25, -0.2) is 0 Å². The fraction of sp³-hybridized carbons (Fsp3) is 0.286. The molecule has 1 aromatic heterocycles. The molecule has 0 aliphatic heterocycles. The van der Waals surface area contributed by atoms with Gasteiger partial charge in [0.15, 0.2) is 0 Å². The van der Waals surface area contributed by atoms with Crippen LogP contribution in [0.3, 0.4) is 0 Å². The molecule has 118 valence electrons. The van der Waals surface area contributed by atoms with E-state index >= 15 is 0 Å². The van der Waals surface area contributed by atoms with Crippen molar-refractivity contribution in [2.75, 3.05) is 0 Å². The molecule has 0 saturated carbocycles. The summed E-state index contributed by atoms with van der Waals surface area (Å²) in [6.45, 7) is 4.16. The molecule has 0 aliphatic carbocycles. The van der Waals surface area contributed by atoms with Crippen LogP contribution in [-0.4, -0.2) is 14.9 Å². The molecule has 0 N–H and O–H groups in total. The highest BCUT2D eigenvalue weighted by atomic mass is 79.9. The van der Waals surface area contributed by atoms with Gasteiger partial charge in [0, 0.05) is 11.4 Å². The average Bonchev–Trinajstić information content (AvgIpc) is 2.74. The maximum absolute atomic E-state index is 12.5. The zero-order valence-electron chi connectivity index (χ0n) is 11.7. The van der Waals surface area contributed by atoms with Crippen LogP contribution in [0.2, 0.25) is 0 Å². The van der Waals surface area contributed by atoms with Crippen LogP contribution >= 0.6 is 27.7 Å². The van der Waals surface area contributed by atoms with Crippen LogP contribution in [0.15, 0.2) is 33.6 Å². The van der Waals surface area contributed by atoms with Crippen molar-refractivity contribution < 1.29 is 18.0 Å². The lowest BCUT2D eigenvalue weighted by Crippen LogP contribution is -2.07. The van der Waals surface area contributed by atoms with E-state index in [1.165, 1.54) is 12.1 Å². The molecule has 3 nitrogen and oxygen atoms in total. The Labute approximate surface area is 138 Å². The molecule has 0 fully saturated rings. The number of thioether (sulfide) groups is 1. The number of alkyl halides is 3. The number of benzene rings is 1. The van der Waals surface area contributed by atoms with Crippen LogP contribution in [0.5, 0.6) is 0 Å². The Morgan fingerprint density at radius 3 is 2.41 bits per heavy atom. The van der Waals surface area contributed by atoms with Crippen LogP contribution in [0.4, 0.5) is 13.2 Å². The molecule has 0 radical (unpaired) electrons. The summed E-state index contributed by atoms with van der Waals surface area (Å²) in [6.07, 6.45) is -4.38. The molecular weight excluding hydrogens is 381 g/mol. The maximum Gasteiger partial charge on any atom is 0.416 e. The number of hydrogen-bond acceptors (Lipinski definition) is 3. The topological polar surface area (TPSA) is 34.9 Å². The average molecular weight is 393 g/mol. The third-order valence-electron chi connectivity index (χ3n) is 2.94. The summed E-state index contributed by atoms with van der Waals surface area (Å²) in [7, 11) is 0. The summed E-state index contributed by atoms with van der Waals surface area (Å²) in [4.78, 5) is 12.8. The number of aromatic nitrogens is 2. The van der Waals surface area contributed by atoms with Crippen molar-refractivity contribution in [2.24, 2.45) is 0 Å². The van der Waals surface area contributed by atoms with Gasteiger partial charge in [0.2, 0.25) is 5.12 Å². The highest BCUT2D eigenvalue weighted by Crippen LogP contribution is 2.33. The van der Waals surface area contributed by atoms with E-state index in [9.17, 15) is 18.0 Å². The van der Waals surface area contributed by atoms with E-state index < -0.39 is 11.7 Å². The van der Waals surface area contributed by atoms with E-state index in [0.29, 0.717) is 27.3 Å². The first-order valence-electron chi connectivity index (χ1n) is 6.36. The standard InChI is InChI=1S/C14H12BrF3N2OS/c1-3-20-12(11(15)8(2)19-20)13(21)22-10-6-4-9(5-7-10)14(16,17)18/h4-7H,3H2,1-2H3. The van der Waals surface area contributed by atoms with Gasteiger partial charge in [-0.15, -0.1) is 0 Å². The molecule has 0 saturated heterocycles. The summed E-state index contributed by atoms with van der Waals surface area (Å²) in [6, 6.07) is 4.51. The number of nitrogens with zero attached hydrogens (tertiary/aromatic N) is 2. The van der Waals surface area contributed by atoms with Gasteiger partial charge in [-0.05, 0) is 65.8 Å². The van der Waals surface area contributed by atoms with E-state index in [4.69, 9.17) is 0 Å². The van der Waals surface area contributed by atoms with E-state index in [1.807, 2.05) is 6.92 Å². The molecule has 0 atom stereocenters. The minimum Gasteiger partial charge on any atom is -0.279 e. The summed E-state index contributed by atoms with van der Waals surface area (Å²) in [5, 5.41) is 3.96. The predicted octanol–water partition coefficient (Wildman–Crippen LogP) is 4.93. The summed E-state index contributed by atoms with van der Waals surface area (Å²) < 4.78 is 39.7. The van der Waals surface area contributed by atoms with Gasteiger partial charge in [-0.2, -0.15) is 18.3 Å². The quantitative estimate of drug-likeness (QED) is 0.694. The second-order valence-corrected chi connectivity index (χ2v) is 6.31. The van der Waals surface area contributed by atoms with E-state index in [2.05, 4.69) is 21.0 Å². The lowest BCUT2D eigenvalue weighted by atomic mass is 10.2. The molecule has 0 amide bonds. The highest BCUT2D eigenvalue weighted by Gasteiger charge is 2.30. The fourth-order valence-electron chi connectivity index (χ4n) is 1.85. The third-order valence-corrected chi connectivity index (χ3v) is 4.78. The van der Waals surface area contributed by atoms with Gasteiger partial charge in [0.1, 0.15) is 5.69 Å². The number of hydrogen-bond donors (Lipinski definition) is 0. The number of rotatable bonds is 3. The zero-order valence-corrected chi connectivity index (χ0v) is 14.1. The maximum atomic E-state index is 12.5. The van der Waals surface area contributed by atoms with E-state index in [1.54, 1.807) is 11.6 Å². The van der Waals surface area contributed by atoms with Crippen LogP contribution in [0.1, 0.15) is 28.7 Å². The van der Waals surface area contributed by atoms with Gasteiger partial charge in [-0.3, -0.25) is 9.48 Å². The Bertz CT molecular complexity index is 695. The zero-order chi connectivity index (χ0) is 16.5. The third kappa shape index (κ3) is 3.55. The summed E-state index contributed by atoms with van der Waals surface area (Å²) in [5.41, 5.74) is 0.364. The molecule has 0 bridgehead atoms. The van der Waals surface area contributed by atoms with Gasteiger partial charge in [0.05, 0.1) is 15.7 Å². The van der Waals surface area contributed by atoms with Crippen molar-refractivity contribution in [1.82, 2.24) is 9.78 Å². The number of aryl methyl sites for hydroxylation is 2. The minimum absolute atomic E-state index is 0.269. The molecule has 1 aromatic carbocycles. The molecule has 22 heavy (non-hydrogen) atoms. The molecule has 1 heterocycles. The Balaban J connectivity index is 2.23. The number of carbonyl (C=O) groups is 1. The molecule has 0 aliphatic rings. The van der Waals surface area contributed by atoms with Crippen molar-refractivity contribution in [3.05, 3.63) is 45.7 Å². The van der Waals surface area contributed by atoms with Gasteiger partial charge >= 0.3 is 6.18 Å². The highest BCUT2D eigenvalue weighted by molar-refractivity contribution is 9.10. The largest absolute Gasteiger partial charge is 0.416 e. The molecular formula is C14H12BrF3N2OS. The van der Waals surface area contributed by atoms with Crippen LogP contribution in [-0.2, 0) is 12.7 Å². The molecule has 0 unspecified atom stereocenters. The van der Waals surface area contributed by atoms with Crippen molar-refractivity contribution in [3.63, 3.8) is 0 Å². The Hall–Kier alpha value is -1.28. The molecule has 0 spiro atoms. The first kappa shape index (κ1) is 17.1. The van der Waals surface area contributed by atoms with Gasteiger partial charge < -0.3 is 0 Å². The fourth-order valence-corrected chi connectivity index (χ4v) is 3.24. The number of halogens is 4. The van der Waals surface area contributed by atoms with Crippen LogP contribution in [0.25, 0.3) is 0 Å². The van der Waals surface area contributed by atoms with Crippen LogP contribution in [0, 0.1) is 6.92 Å². The summed E-state index contributed by atoms with van der Waals surface area (Å²) >= 11 is 4.20. The molecule has 2 rings (SSSR count). The van der Waals surface area contributed by atoms with Gasteiger partial charge in [0.25, 0.3) is 0 Å². The monoisotopic (exact) mass is 392 g/mol. The lowest BCUT2D eigenvalue weighted by molar-refractivity contribution is -0.137. The Morgan fingerprint density at radius 2 is 1.91 bits per heavy atom. The smallest absolute Gasteiger partial charge is 0.279 e. The van der Waals surface area contributed by atoms with Crippen molar-refractivity contribution in [2.45, 2.75) is 31.5 Å². The minimum atomic E-state index is -4.38. The van der Waals surface area contributed by atoms with E-state index in [0.717, 1.165) is 23.9 Å². The van der Waals surface area contributed by atoms with Crippen molar-refractivity contribution in [1.29, 1.82) is 0 Å².